The van der Waals surface area contributed by atoms with Gasteiger partial charge in [-0.3, -0.25) is 0 Å². The van der Waals surface area contributed by atoms with Gasteiger partial charge in [0.15, 0.2) is 0 Å². The van der Waals surface area contributed by atoms with Crippen LogP contribution in [-0.2, 0) is 6.42 Å². The van der Waals surface area contributed by atoms with Crippen molar-refractivity contribution >= 4 is 0 Å². The first kappa shape index (κ1) is 11.0. The molecule has 2 rings (SSSR count). The van der Waals surface area contributed by atoms with Gasteiger partial charge in [-0.05, 0) is 37.0 Å². The Bertz CT molecular complexity index is 380. The number of hydrogen-bond acceptors (Lipinski definition) is 3. The van der Waals surface area contributed by atoms with E-state index in [0.29, 0.717) is 6.42 Å². The molecule has 0 bridgehead atoms. The summed E-state index contributed by atoms with van der Waals surface area (Å²) >= 11 is 0. The first-order valence-electron chi connectivity index (χ1n) is 5.60. The molecular weight excluding hydrogens is 202 g/mol. The van der Waals surface area contributed by atoms with Crippen molar-refractivity contribution < 1.29 is 9.84 Å². The van der Waals surface area contributed by atoms with Gasteiger partial charge >= 0.3 is 0 Å². The van der Waals surface area contributed by atoms with Gasteiger partial charge in [0.2, 0.25) is 0 Å². The van der Waals surface area contributed by atoms with Gasteiger partial charge in [0.05, 0.1) is 18.6 Å². The largest absolute Gasteiger partial charge is 0.488 e. The van der Waals surface area contributed by atoms with E-state index in [1.54, 1.807) is 0 Å². The molecule has 1 N–H and O–H groups in total. The third-order valence-electron chi connectivity index (χ3n) is 2.91. The van der Waals surface area contributed by atoms with Crippen molar-refractivity contribution in [3.63, 3.8) is 0 Å². The molecule has 1 aromatic rings. The molecule has 0 spiro atoms. The average Bonchev–Trinajstić information content (AvgIpc) is 2.68. The van der Waals surface area contributed by atoms with Gasteiger partial charge in [-0.2, -0.15) is 5.26 Å². The lowest BCUT2D eigenvalue weighted by Gasteiger charge is -2.17. The van der Waals surface area contributed by atoms with E-state index in [4.69, 9.17) is 10.00 Å². The smallest absolute Gasteiger partial charge is 0.124 e. The van der Waals surface area contributed by atoms with Crippen molar-refractivity contribution in [1.29, 1.82) is 5.26 Å². The van der Waals surface area contributed by atoms with Crippen LogP contribution in [0.15, 0.2) is 24.3 Å². The summed E-state index contributed by atoms with van der Waals surface area (Å²) in [6.45, 7) is 0. The Morgan fingerprint density at radius 3 is 2.62 bits per heavy atom. The Hall–Kier alpha value is -1.53. The normalized spacial score (nSPS) is 24.0. The van der Waals surface area contributed by atoms with Crippen LogP contribution in [-0.4, -0.2) is 17.3 Å². The Kier molecular flexibility index (Phi) is 3.43. The zero-order chi connectivity index (χ0) is 11.4. The molecule has 3 heteroatoms. The fourth-order valence-electron chi connectivity index (χ4n) is 2.00. The summed E-state index contributed by atoms with van der Waals surface area (Å²) in [7, 11) is 0. The lowest BCUT2D eigenvalue weighted by atomic mass is 10.1. The van der Waals surface area contributed by atoms with Crippen molar-refractivity contribution in [2.24, 2.45) is 0 Å². The fourth-order valence-corrected chi connectivity index (χ4v) is 2.00. The zero-order valence-electron chi connectivity index (χ0n) is 9.10. The molecule has 0 heterocycles. The zero-order valence-corrected chi connectivity index (χ0v) is 9.10. The van der Waals surface area contributed by atoms with Gasteiger partial charge in [0, 0.05) is 0 Å². The minimum Gasteiger partial charge on any atom is -0.488 e. The van der Waals surface area contributed by atoms with Gasteiger partial charge < -0.3 is 9.84 Å². The highest BCUT2D eigenvalue weighted by Crippen LogP contribution is 2.24. The first-order valence-corrected chi connectivity index (χ1v) is 5.60. The maximum atomic E-state index is 9.62. The summed E-state index contributed by atoms with van der Waals surface area (Å²) in [5, 5.41) is 18.2. The number of ether oxygens (including phenoxy) is 1. The summed E-state index contributed by atoms with van der Waals surface area (Å²) < 4.78 is 5.69. The molecule has 0 unspecified atom stereocenters. The van der Waals surface area contributed by atoms with Crippen LogP contribution in [0.2, 0.25) is 0 Å². The highest BCUT2D eigenvalue weighted by molar-refractivity contribution is 5.29. The Balaban J connectivity index is 1.97. The van der Waals surface area contributed by atoms with E-state index in [0.717, 1.165) is 30.6 Å². The molecule has 0 aromatic heterocycles. The van der Waals surface area contributed by atoms with Crippen LogP contribution in [0.3, 0.4) is 0 Å². The van der Waals surface area contributed by atoms with Crippen LogP contribution in [0.25, 0.3) is 0 Å². The molecule has 0 aliphatic heterocycles. The molecule has 0 radical (unpaired) electrons. The second-order valence-corrected chi connectivity index (χ2v) is 4.13. The second kappa shape index (κ2) is 5.00. The van der Waals surface area contributed by atoms with E-state index in [9.17, 15) is 5.11 Å². The second-order valence-electron chi connectivity index (χ2n) is 4.13. The maximum absolute atomic E-state index is 9.62. The van der Waals surface area contributed by atoms with E-state index in [-0.39, 0.29) is 12.2 Å². The van der Waals surface area contributed by atoms with Crippen LogP contribution >= 0.6 is 0 Å². The Labute approximate surface area is 95.3 Å². The van der Waals surface area contributed by atoms with Crippen molar-refractivity contribution in [3.05, 3.63) is 29.8 Å². The SMILES string of the molecule is N#CCc1ccc(O[C@@H]2CCC[C@H]2O)cc1. The number of hydrogen-bond donors (Lipinski definition) is 1. The van der Waals surface area contributed by atoms with Gasteiger partial charge in [-0.1, -0.05) is 12.1 Å². The van der Waals surface area contributed by atoms with Gasteiger partial charge in [0.25, 0.3) is 0 Å². The van der Waals surface area contributed by atoms with E-state index in [1.807, 2.05) is 24.3 Å². The molecule has 16 heavy (non-hydrogen) atoms. The molecule has 0 amide bonds. The molecular formula is C13H15NO2. The quantitative estimate of drug-likeness (QED) is 0.843. The minimum absolute atomic E-state index is 0.0678. The number of nitriles is 1. The average molecular weight is 217 g/mol. The van der Waals surface area contributed by atoms with E-state index in [2.05, 4.69) is 6.07 Å². The predicted molar refractivity (Wildman–Crippen MR) is 60.0 cm³/mol. The van der Waals surface area contributed by atoms with E-state index in [1.165, 1.54) is 0 Å². The first-order chi connectivity index (χ1) is 7.79. The van der Waals surface area contributed by atoms with Crippen molar-refractivity contribution in [1.82, 2.24) is 0 Å². The summed E-state index contributed by atoms with van der Waals surface area (Å²) in [6, 6.07) is 9.60. The molecule has 1 fully saturated rings. The molecule has 1 aliphatic carbocycles. The third-order valence-corrected chi connectivity index (χ3v) is 2.91. The van der Waals surface area contributed by atoms with Gasteiger partial charge in [0.1, 0.15) is 11.9 Å². The minimum atomic E-state index is -0.334. The fraction of sp³-hybridized carbons (Fsp3) is 0.462. The highest BCUT2D eigenvalue weighted by Gasteiger charge is 2.26. The van der Waals surface area contributed by atoms with Crippen LogP contribution in [0.4, 0.5) is 0 Å². The summed E-state index contributed by atoms with van der Waals surface area (Å²) in [4.78, 5) is 0. The third kappa shape index (κ3) is 2.53. The Morgan fingerprint density at radius 2 is 2.06 bits per heavy atom. The number of aliphatic hydroxyl groups excluding tert-OH is 1. The molecule has 0 saturated heterocycles. The predicted octanol–water partition coefficient (Wildman–Crippen LogP) is 2.04. The molecule has 1 aromatic carbocycles. The number of aliphatic hydroxyl groups is 1. The monoisotopic (exact) mass is 217 g/mol. The standard InChI is InChI=1S/C13H15NO2/c14-9-8-10-4-6-11(7-5-10)16-13-3-1-2-12(13)15/h4-7,12-13,15H,1-3,8H2/t12-,13-/m1/s1. The maximum Gasteiger partial charge on any atom is 0.124 e. The van der Waals surface area contributed by atoms with E-state index >= 15 is 0 Å². The van der Waals surface area contributed by atoms with Crippen LogP contribution in [0.1, 0.15) is 24.8 Å². The highest BCUT2D eigenvalue weighted by atomic mass is 16.5. The summed E-state index contributed by atoms with van der Waals surface area (Å²) in [5.74, 6) is 0.771. The van der Waals surface area contributed by atoms with E-state index < -0.39 is 0 Å². The van der Waals surface area contributed by atoms with Gasteiger partial charge in [-0.15, -0.1) is 0 Å². The molecule has 2 atom stereocenters. The van der Waals surface area contributed by atoms with Crippen LogP contribution in [0, 0.1) is 11.3 Å². The number of nitrogens with zero attached hydrogens (tertiary/aromatic N) is 1. The van der Waals surface area contributed by atoms with Gasteiger partial charge in [-0.25, -0.2) is 0 Å². The number of benzene rings is 1. The lowest BCUT2D eigenvalue weighted by molar-refractivity contribution is 0.0604. The summed E-state index contributed by atoms with van der Waals surface area (Å²) in [5.41, 5.74) is 0.988. The molecule has 84 valence electrons. The van der Waals surface area contributed by atoms with Crippen molar-refractivity contribution in [2.45, 2.75) is 37.9 Å². The molecule has 3 nitrogen and oxygen atoms in total. The molecule has 1 aliphatic rings. The molecule has 1 saturated carbocycles. The van der Waals surface area contributed by atoms with Crippen molar-refractivity contribution in [2.75, 3.05) is 0 Å². The van der Waals surface area contributed by atoms with Crippen LogP contribution < -0.4 is 4.74 Å². The topological polar surface area (TPSA) is 53.2 Å². The Morgan fingerprint density at radius 1 is 1.31 bits per heavy atom. The summed E-state index contributed by atoms with van der Waals surface area (Å²) in [6.07, 6.45) is 2.80. The number of rotatable bonds is 3. The lowest BCUT2D eigenvalue weighted by Crippen LogP contribution is -2.25. The van der Waals surface area contributed by atoms with Crippen LogP contribution in [0.5, 0.6) is 5.75 Å². The van der Waals surface area contributed by atoms with Crippen molar-refractivity contribution in [3.8, 4) is 11.8 Å².